The molecule has 1 aliphatic heterocycles. The quantitative estimate of drug-likeness (QED) is 0.611. The van der Waals surface area contributed by atoms with Gasteiger partial charge in [0.15, 0.2) is 6.23 Å². The van der Waals surface area contributed by atoms with Crippen LogP contribution in [-0.2, 0) is 4.74 Å². The maximum atomic E-state index is 9.25. The Hall–Kier alpha value is 0.147. The maximum Gasteiger partial charge on any atom is 0.152 e. The molecule has 0 bridgehead atoms. The first-order valence-electron chi connectivity index (χ1n) is 4.91. The molecule has 1 heterocycles. The van der Waals surface area contributed by atoms with E-state index in [1.165, 1.54) is 5.32 Å². The summed E-state index contributed by atoms with van der Waals surface area (Å²) in [5, 5.41) is 13.9. The molecule has 1 atom stereocenters. The third-order valence-corrected chi connectivity index (χ3v) is 5.30. The number of aliphatic hydroxyl groups excluding tert-OH is 1. The van der Waals surface area contributed by atoms with E-state index in [9.17, 15) is 5.11 Å². The fourth-order valence-corrected chi connectivity index (χ4v) is 3.61. The topological polar surface area (TPSA) is 41.5 Å². The Balaban J connectivity index is 3.04. The molecule has 1 aliphatic rings. The molecule has 1 unspecified atom stereocenters. The van der Waals surface area contributed by atoms with E-state index in [1.54, 1.807) is 7.11 Å². The molecule has 0 aromatic heterocycles. The monoisotopic (exact) mass is 339 g/mol. The molecule has 0 aromatic carbocycles. The minimum Gasteiger partial charge on any atom is -0.392 e. The number of halogens is 1. The molecule has 0 spiro atoms. The molecule has 0 amide bonds. The van der Waals surface area contributed by atoms with E-state index in [0.717, 1.165) is 9.15 Å². The number of ether oxygens (including phenoxy) is 1. The van der Waals surface area contributed by atoms with Crippen LogP contribution in [0.5, 0.6) is 0 Å². The van der Waals surface area contributed by atoms with Crippen LogP contribution in [0.2, 0.25) is 19.6 Å². The summed E-state index contributed by atoms with van der Waals surface area (Å²) in [6.07, 6.45) is 1.96. The summed E-state index contributed by atoms with van der Waals surface area (Å²) in [7, 11) is 0.308. The highest BCUT2D eigenvalue weighted by molar-refractivity contribution is 14.1. The summed E-state index contributed by atoms with van der Waals surface area (Å²) in [6.45, 7) is 6.89. The first-order valence-corrected chi connectivity index (χ1v) is 9.49. The van der Waals surface area contributed by atoms with E-state index in [-0.39, 0.29) is 12.8 Å². The highest BCUT2D eigenvalue weighted by Crippen LogP contribution is 2.27. The largest absolute Gasteiger partial charge is 0.392 e. The van der Waals surface area contributed by atoms with E-state index in [0.29, 0.717) is 0 Å². The van der Waals surface area contributed by atoms with Gasteiger partial charge < -0.3 is 15.2 Å². The van der Waals surface area contributed by atoms with Gasteiger partial charge in [-0.3, -0.25) is 0 Å². The summed E-state index contributed by atoms with van der Waals surface area (Å²) < 4.78 is 6.43. The molecule has 2 N–H and O–H groups in total. The highest BCUT2D eigenvalue weighted by Gasteiger charge is 2.28. The summed E-state index contributed by atoms with van der Waals surface area (Å²) in [6, 6.07) is 0. The molecule has 86 valence electrons. The summed E-state index contributed by atoms with van der Waals surface area (Å²) in [5.74, 6) is 0. The second kappa shape index (κ2) is 4.99. The fraction of sp³-hybridized carbons (Fsp3) is 0.600. The van der Waals surface area contributed by atoms with Crippen LogP contribution in [0.4, 0.5) is 0 Å². The number of dihydropyridines is 1. The average Bonchev–Trinajstić information content (AvgIpc) is 2.15. The van der Waals surface area contributed by atoms with Gasteiger partial charge in [-0.2, -0.15) is 0 Å². The molecule has 1 rings (SSSR count). The third-order valence-electron chi connectivity index (χ3n) is 2.39. The number of aliphatic hydroxyl groups is 1. The lowest BCUT2D eigenvalue weighted by Gasteiger charge is -2.32. The highest BCUT2D eigenvalue weighted by atomic mass is 127. The fourth-order valence-electron chi connectivity index (χ4n) is 1.41. The van der Waals surface area contributed by atoms with Crippen molar-refractivity contribution in [2.24, 2.45) is 0 Å². The van der Waals surface area contributed by atoms with E-state index in [4.69, 9.17) is 4.74 Å². The zero-order valence-corrected chi connectivity index (χ0v) is 12.8. The van der Waals surface area contributed by atoms with Crippen molar-refractivity contribution in [1.29, 1.82) is 0 Å². The van der Waals surface area contributed by atoms with Gasteiger partial charge in [0.2, 0.25) is 0 Å². The van der Waals surface area contributed by atoms with E-state index < -0.39 is 8.07 Å². The third kappa shape index (κ3) is 3.05. The number of nitrogens with one attached hydrogen (secondary N) is 1. The first-order chi connectivity index (χ1) is 6.90. The van der Waals surface area contributed by atoms with E-state index >= 15 is 0 Å². The minimum absolute atomic E-state index is 0.0409. The van der Waals surface area contributed by atoms with Crippen LogP contribution in [0.25, 0.3) is 0 Å². The molecular weight excluding hydrogens is 321 g/mol. The summed E-state index contributed by atoms with van der Waals surface area (Å²) in [5.41, 5.74) is 0.917. The van der Waals surface area contributed by atoms with Crippen molar-refractivity contribution < 1.29 is 9.84 Å². The Kier molecular flexibility index (Phi) is 4.39. The Morgan fingerprint density at radius 3 is 2.53 bits per heavy atom. The Labute approximate surface area is 106 Å². The average molecular weight is 339 g/mol. The second-order valence-electron chi connectivity index (χ2n) is 4.60. The maximum absolute atomic E-state index is 9.25. The van der Waals surface area contributed by atoms with Crippen molar-refractivity contribution in [2.45, 2.75) is 25.9 Å². The first kappa shape index (κ1) is 13.2. The normalized spacial score (nSPS) is 22.5. The summed E-state index contributed by atoms with van der Waals surface area (Å²) in [4.78, 5) is 0. The van der Waals surface area contributed by atoms with Crippen LogP contribution in [0.15, 0.2) is 20.5 Å². The Bertz CT molecular complexity index is 307. The molecule has 0 aromatic rings. The van der Waals surface area contributed by atoms with Crippen molar-refractivity contribution in [1.82, 2.24) is 5.32 Å². The van der Waals surface area contributed by atoms with Crippen molar-refractivity contribution in [3.63, 3.8) is 0 Å². The Morgan fingerprint density at radius 1 is 1.53 bits per heavy atom. The van der Waals surface area contributed by atoms with Crippen molar-refractivity contribution in [3.8, 4) is 0 Å². The minimum atomic E-state index is -1.35. The van der Waals surface area contributed by atoms with Gasteiger partial charge in [0.05, 0.1) is 14.7 Å². The van der Waals surface area contributed by atoms with Crippen LogP contribution < -0.4 is 5.32 Å². The van der Waals surface area contributed by atoms with Crippen LogP contribution in [0.1, 0.15) is 0 Å². The van der Waals surface area contributed by atoms with Crippen molar-refractivity contribution >= 4 is 30.7 Å². The molecule has 0 saturated heterocycles. The second-order valence-corrected chi connectivity index (χ2v) is 10.8. The lowest BCUT2D eigenvalue weighted by Crippen LogP contribution is -2.44. The van der Waals surface area contributed by atoms with E-state index in [1.807, 2.05) is 0 Å². The number of allylic oxidation sites excluding steroid dienone is 2. The SMILES string of the molecule is COC1NC([Si](C)(C)C)=CC(I)=C1CO. The van der Waals surface area contributed by atoms with Gasteiger partial charge in [0.1, 0.15) is 0 Å². The number of hydrogen-bond acceptors (Lipinski definition) is 3. The Morgan fingerprint density at radius 2 is 2.13 bits per heavy atom. The molecule has 0 radical (unpaired) electrons. The van der Waals surface area contributed by atoms with E-state index in [2.05, 4.69) is 53.6 Å². The molecule has 15 heavy (non-hydrogen) atoms. The number of methoxy groups -OCH3 is 1. The van der Waals surface area contributed by atoms with Gasteiger partial charge in [0.25, 0.3) is 0 Å². The number of rotatable bonds is 3. The van der Waals surface area contributed by atoms with Gasteiger partial charge in [-0.05, 0) is 34.0 Å². The van der Waals surface area contributed by atoms with Gasteiger partial charge in [-0.1, -0.05) is 19.6 Å². The van der Waals surface area contributed by atoms with Crippen molar-refractivity contribution in [3.05, 3.63) is 20.5 Å². The van der Waals surface area contributed by atoms with Gasteiger partial charge in [-0.25, -0.2) is 0 Å². The van der Waals surface area contributed by atoms with Gasteiger partial charge in [0, 0.05) is 16.3 Å². The lowest BCUT2D eigenvalue weighted by atomic mass is 10.2. The van der Waals surface area contributed by atoms with Crippen LogP contribution in [0, 0.1) is 0 Å². The molecule has 0 fully saturated rings. The standard InChI is InChI=1S/C10H18INO2Si/c1-14-10-7(6-13)8(11)5-9(12-10)15(2,3)4/h5,10,12-13H,6H2,1-4H3. The molecule has 5 heteroatoms. The van der Waals surface area contributed by atoms with Crippen LogP contribution in [-0.4, -0.2) is 33.1 Å². The molecule has 0 saturated carbocycles. The van der Waals surface area contributed by atoms with Crippen LogP contribution >= 0.6 is 22.6 Å². The smallest absolute Gasteiger partial charge is 0.152 e. The summed E-state index contributed by atoms with van der Waals surface area (Å²) >= 11 is 2.26. The zero-order chi connectivity index (χ0) is 11.6. The predicted molar refractivity (Wildman–Crippen MR) is 73.5 cm³/mol. The zero-order valence-electron chi connectivity index (χ0n) is 9.60. The van der Waals surface area contributed by atoms with Crippen LogP contribution in [0.3, 0.4) is 0 Å². The molecule has 0 aliphatic carbocycles. The molecular formula is C10H18INO2Si. The number of hydrogen-bond donors (Lipinski definition) is 2. The van der Waals surface area contributed by atoms with Gasteiger partial charge in [-0.15, -0.1) is 0 Å². The lowest BCUT2D eigenvalue weighted by molar-refractivity contribution is 0.101. The van der Waals surface area contributed by atoms with Gasteiger partial charge >= 0.3 is 0 Å². The van der Waals surface area contributed by atoms with Crippen molar-refractivity contribution in [2.75, 3.05) is 13.7 Å². The predicted octanol–water partition coefficient (Wildman–Crippen LogP) is 2.00. The molecule has 3 nitrogen and oxygen atoms in total.